The topological polar surface area (TPSA) is 67.8 Å². The van der Waals surface area contributed by atoms with Gasteiger partial charge in [0.25, 0.3) is 0 Å². The average Bonchev–Trinajstić information content (AvgIpc) is 2.29. The molecule has 0 amide bonds. The number of halogens is 3. The smallest absolute Gasteiger partial charge is 0.401 e. The molecule has 19 heavy (non-hydrogen) atoms. The van der Waals surface area contributed by atoms with Crippen LogP contribution in [-0.2, 0) is 4.74 Å². The molecule has 1 aliphatic carbocycles. The Morgan fingerprint density at radius 2 is 1.95 bits per heavy atom. The Bertz CT molecular complexity index is 319. The maximum absolute atomic E-state index is 12.7. The molecule has 3 N–H and O–H groups in total. The first-order valence-corrected chi connectivity index (χ1v) is 6.31. The minimum Gasteiger partial charge on any atom is -0.409 e. The zero-order chi connectivity index (χ0) is 14.7. The van der Waals surface area contributed by atoms with Crippen LogP contribution < -0.4 is 5.73 Å². The van der Waals surface area contributed by atoms with Crippen LogP contribution in [0.1, 0.15) is 39.5 Å². The van der Waals surface area contributed by atoms with Gasteiger partial charge in [0.05, 0.1) is 12.7 Å². The summed E-state index contributed by atoms with van der Waals surface area (Å²) in [5.74, 6) is -2.91. The lowest BCUT2D eigenvalue weighted by Gasteiger charge is -2.34. The van der Waals surface area contributed by atoms with Crippen LogP contribution in [0.25, 0.3) is 0 Å². The van der Waals surface area contributed by atoms with Crippen LogP contribution >= 0.6 is 0 Å². The molecule has 1 fully saturated rings. The Morgan fingerprint density at radius 1 is 1.42 bits per heavy atom. The lowest BCUT2D eigenvalue weighted by molar-refractivity contribution is -0.174. The number of alkyl halides is 3. The van der Waals surface area contributed by atoms with Crippen molar-refractivity contribution in [3.05, 3.63) is 0 Å². The monoisotopic (exact) mass is 282 g/mol. The highest BCUT2D eigenvalue weighted by Crippen LogP contribution is 2.36. The van der Waals surface area contributed by atoms with Crippen molar-refractivity contribution in [2.75, 3.05) is 6.61 Å². The molecule has 0 saturated heterocycles. The zero-order valence-electron chi connectivity index (χ0n) is 11.2. The summed E-state index contributed by atoms with van der Waals surface area (Å²) < 4.78 is 43.3. The summed E-state index contributed by atoms with van der Waals surface area (Å²) in [7, 11) is 0. The van der Waals surface area contributed by atoms with Crippen LogP contribution in [-0.4, -0.2) is 29.9 Å². The molecule has 0 aliphatic heterocycles. The molecule has 0 heterocycles. The van der Waals surface area contributed by atoms with Crippen molar-refractivity contribution < 1.29 is 23.1 Å². The highest BCUT2D eigenvalue weighted by Gasteiger charge is 2.43. The maximum Gasteiger partial charge on any atom is 0.401 e. The van der Waals surface area contributed by atoms with Crippen LogP contribution in [0.5, 0.6) is 0 Å². The van der Waals surface area contributed by atoms with Gasteiger partial charge < -0.3 is 15.7 Å². The van der Waals surface area contributed by atoms with Gasteiger partial charge in [-0.05, 0) is 31.1 Å². The maximum atomic E-state index is 12.7. The van der Waals surface area contributed by atoms with E-state index in [0.29, 0.717) is 0 Å². The highest BCUT2D eigenvalue weighted by atomic mass is 19.4. The van der Waals surface area contributed by atoms with E-state index in [1.165, 1.54) is 0 Å². The van der Waals surface area contributed by atoms with Crippen molar-refractivity contribution in [2.24, 2.45) is 22.2 Å². The normalized spacial score (nSPS) is 23.3. The van der Waals surface area contributed by atoms with Crippen molar-refractivity contribution in [1.82, 2.24) is 0 Å². The van der Waals surface area contributed by atoms with Gasteiger partial charge in [-0.3, -0.25) is 0 Å². The van der Waals surface area contributed by atoms with E-state index in [9.17, 15) is 13.2 Å². The molecule has 0 bridgehead atoms. The van der Waals surface area contributed by atoms with E-state index in [-0.39, 0.29) is 11.5 Å². The fraction of sp³-hybridized carbons (Fsp3) is 0.917. The van der Waals surface area contributed by atoms with Crippen molar-refractivity contribution in [3.63, 3.8) is 0 Å². The first-order valence-electron chi connectivity index (χ1n) is 6.31. The third kappa shape index (κ3) is 4.89. The fourth-order valence-electron chi connectivity index (χ4n) is 2.19. The van der Waals surface area contributed by atoms with Gasteiger partial charge in [0.1, 0.15) is 5.92 Å². The van der Waals surface area contributed by atoms with Gasteiger partial charge in [0, 0.05) is 0 Å². The molecule has 4 nitrogen and oxygen atoms in total. The van der Waals surface area contributed by atoms with Gasteiger partial charge in [-0.25, -0.2) is 0 Å². The number of hydrogen-bond donors (Lipinski definition) is 2. The van der Waals surface area contributed by atoms with Gasteiger partial charge in [-0.15, -0.1) is 0 Å². The Morgan fingerprint density at radius 3 is 2.37 bits per heavy atom. The minimum atomic E-state index is -4.57. The van der Waals surface area contributed by atoms with Crippen LogP contribution in [0.4, 0.5) is 13.2 Å². The Hall–Kier alpha value is -0.980. The summed E-state index contributed by atoms with van der Waals surface area (Å²) in [5.41, 5.74) is 5.29. The van der Waals surface area contributed by atoms with E-state index in [1.807, 2.05) is 0 Å². The van der Waals surface area contributed by atoms with E-state index >= 15 is 0 Å². The summed E-state index contributed by atoms with van der Waals surface area (Å²) in [6.45, 7) is 3.68. The first-order chi connectivity index (χ1) is 8.65. The van der Waals surface area contributed by atoms with Crippen LogP contribution in [0, 0.1) is 11.3 Å². The molecule has 1 unspecified atom stereocenters. The third-order valence-electron chi connectivity index (χ3n) is 3.65. The van der Waals surface area contributed by atoms with Crippen molar-refractivity contribution in [2.45, 2.75) is 51.8 Å². The lowest BCUT2D eigenvalue weighted by Crippen LogP contribution is -2.40. The van der Waals surface area contributed by atoms with Crippen molar-refractivity contribution >= 4 is 5.84 Å². The molecule has 1 atom stereocenters. The van der Waals surface area contributed by atoms with Gasteiger partial charge in [0.2, 0.25) is 0 Å². The molecule has 0 aromatic heterocycles. The summed E-state index contributed by atoms with van der Waals surface area (Å²) in [6, 6.07) is 0. The standard InChI is InChI=1S/C12H21F3N2O2/c1-11(2)5-3-8(4-6-11)19-7-9(10(16)17-18)12(13,14)15/h8-9,18H,3-7H2,1-2H3,(H2,16,17). The summed E-state index contributed by atoms with van der Waals surface area (Å²) in [6.07, 6.45) is -1.40. The van der Waals surface area contributed by atoms with E-state index in [4.69, 9.17) is 15.7 Å². The SMILES string of the molecule is CC1(C)CCC(OCC(C(N)=NO)C(F)(F)F)CC1. The summed E-state index contributed by atoms with van der Waals surface area (Å²) in [4.78, 5) is 0. The second kappa shape index (κ2) is 5.98. The van der Waals surface area contributed by atoms with Crippen molar-refractivity contribution in [1.29, 1.82) is 0 Å². The minimum absolute atomic E-state index is 0.177. The highest BCUT2D eigenvalue weighted by molar-refractivity contribution is 5.83. The molecule has 7 heteroatoms. The average molecular weight is 282 g/mol. The fourth-order valence-corrected chi connectivity index (χ4v) is 2.19. The van der Waals surface area contributed by atoms with E-state index < -0.39 is 24.5 Å². The third-order valence-corrected chi connectivity index (χ3v) is 3.65. The summed E-state index contributed by atoms with van der Waals surface area (Å²) in [5, 5.41) is 10.8. The zero-order valence-corrected chi connectivity index (χ0v) is 11.2. The number of hydrogen-bond acceptors (Lipinski definition) is 3. The lowest BCUT2D eigenvalue weighted by atomic mass is 9.76. The van der Waals surface area contributed by atoms with E-state index in [1.54, 1.807) is 0 Å². The van der Waals surface area contributed by atoms with E-state index in [2.05, 4.69) is 19.0 Å². The van der Waals surface area contributed by atoms with Gasteiger partial charge in [-0.2, -0.15) is 13.2 Å². The van der Waals surface area contributed by atoms with Crippen LogP contribution in [0.3, 0.4) is 0 Å². The predicted octanol–water partition coefficient (Wildman–Crippen LogP) is 2.90. The first kappa shape index (κ1) is 16.1. The van der Waals surface area contributed by atoms with Crippen LogP contribution in [0.2, 0.25) is 0 Å². The number of oxime groups is 1. The summed E-state index contributed by atoms with van der Waals surface area (Å²) >= 11 is 0. The predicted molar refractivity (Wildman–Crippen MR) is 64.9 cm³/mol. The quantitative estimate of drug-likeness (QED) is 0.360. The molecule has 0 spiro atoms. The second-order valence-corrected chi connectivity index (χ2v) is 5.82. The number of amidine groups is 1. The van der Waals surface area contributed by atoms with Gasteiger partial charge in [0.15, 0.2) is 5.84 Å². The number of rotatable bonds is 4. The molecule has 112 valence electrons. The number of ether oxygens (including phenoxy) is 1. The molecule has 1 aliphatic rings. The molecule has 0 aromatic rings. The Labute approximate surface area is 110 Å². The Kier molecular flexibility index (Phi) is 5.06. The second-order valence-electron chi connectivity index (χ2n) is 5.82. The van der Waals surface area contributed by atoms with Gasteiger partial charge >= 0.3 is 6.18 Å². The van der Waals surface area contributed by atoms with E-state index in [0.717, 1.165) is 25.7 Å². The largest absolute Gasteiger partial charge is 0.409 e. The molecule has 0 aromatic carbocycles. The van der Waals surface area contributed by atoms with Gasteiger partial charge in [-0.1, -0.05) is 19.0 Å². The van der Waals surface area contributed by atoms with Crippen LogP contribution in [0.15, 0.2) is 5.16 Å². The molecule has 1 rings (SSSR count). The molecule has 0 radical (unpaired) electrons. The molecule has 1 saturated carbocycles. The molecular weight excluding hydrogens is 261 g/mol. The molecular formula is C12H21F3N2O2. The number of nitrogens with two attached hydrogens (primary N) is 1. The van der Waals surface area contributed by atoms with Crippen molar-refractivity contribution in [3.8, 4) is 0 Å². The number of nitrogens with zero attached hydrogens (tertiary/aromatic N) is 1. The Balaban J connectivity index is 2.50.